The third kappa shape index (κ3) is 4.75. The minimum absolute atomic E-state index is 0.127. The van der Waals surface area contributed by atoms with Gasteiger partial charge in [-0.15, -0.1) is 0 Å². The standard InChI is InChI=1S/C27H27N3O4/c31-13-23(11-24-25(32)26(33)29-18-28-24)22-9-7-20(8-10-22)2-1-19-3-5-21(6-4-19)12-30-14-27(15-30)16-34-17-27/h3-10,18,23,31-32H,11-17H2,(H,28,29,33). The number of aromatic hydroxyl groups is 1. The third-order valence-electron chi connectivity index (χ3n) is 6.59. The van der Waals surface area contributed by atoms with Crippen molar-refractivity contribution in [1.82, 2.24) is 14.9 Å². The Morgan fingerprint density at radius 3 is 2.29 bits per heavy atom. The first-order valence-corrected chi connectivity index (χ1v) is 11.4. The fraction of sp³-hybridized carbons (Fsp3) is 0.333. The monoisotopic (exact) mass is 457 g/mol. The van der Waals surface area contributed by atoms with Crippen molar-refractivity contribution in [3.05, 3.63) is 93.2 Å². The SMILES string of the molecule is O=c1[nH]cnc(CC(CO)c2ccc(C#Cc3ccc(CN4CC5(COC5)C4)cc3)cc2)c1O. The average molecular weight is 458 g/mol. The van der Waals surface area contributed by atoms with Gasteiger partial charge in [0.25, 0.3) is 5.56 Å². The van der Waals surface area contributed by atoms with E-state index in [1.165, 1.54) is 11.9 Å². The molecular weight excluding hydrogens is 430 g/mol. The Kier molecular flexibility index (Phi) is 6.20. The summed E-state index contributed by atoms with van der Waals surface area (Å²) in [5.41, 5.74) is 4.14. The van der Waals surface area contributed by atoms with Gasteiger partial charge in [0.15, 0.2) is 0 Å². The lowest BCUT2D eigenvalue weighted by molar-refractivity contribution is -0.191. The highest BCUT2D eigenvalue weighted by molar-refractivity contribution is 5.44. The Morgan fingerprint density at radius 1 is 1.06 bits per heavy atom. The Hall–Kier alpha value is -3.44. The number of nitrogens with one attached hydrogen (secondary N) is 1. The number of benzene rings is 2. The summed E-state index contributed by atoms with van der Waals surface area (Å²) in [7, 11) is 0. The van der Waals surface area contributed by atoms with Gasteiger partial charge >= 0.3 is 0 Å². The van der Waals surface area contributed by atoms with Gasteiger partial charge in [0.1, 0.15) is 0 Å². The zero-order valence-corrected chi connectivity index (χ0v) is 18.8. The van der Waals surface area contributed by atoms with Crippen LogP contribution in [-0.2, 0) is 17.7 Å². The van der Waals surface area contributed by atoms with E-state index in [0.717, 1.165) is 49.5 Å². The maximum atomic E-state index is 11.6. The van der Waals surface area contributed by atoms with E-state index < -0.39 is 11.3 Å². The number of aromatic nitrogens is 2. The second kappa shape index (κ2) is 9.43. The van der Waals surface area contributed by atoms with Crippen LogP contribution in [0.25, 0.3) is 0 Å². The van der Waals surface area contributed by atoms with Crippen molar-refractivity contribution >= 4 is 0 Å². The van der Waals surface area contributed by atoms with Crippen molar-refractivity contribution in [2.75, 3.05) is 32.9 Å². The Balaban J connectivity index is 1.19. The summed E-state index contributed by atoms with van der Waals surface area (Å²) in [4.78, 5) is 20.4. The second-order valence-electron chi connectivity index (χ2n) is 9.32. The maximum Gasteiger partial charge on any atom is 0.293 e. The smallest absolute Gasteiger partial charge is 0.293 e. The molecule has 0 aliphatic carbocycles. The molecule has 1 aromatic heterocycles. The lowest BCUT2D eigenvalue weighted by atomic mass is 9.78. The fourth-order valence-corrected chi connectivity index (χ4v) is 4.62. The molecule has 2 aliphatic heterocycles. The van der Waals surface area contributed by atoms with Crippen molar-refractivity contribution in [3.8, 4) is 17.6 Å². The van der Waals surface area contributed by atoms with Crippen molar-refractivity contribution < 1.29 is 14.9 Å². The van der Waals surface area contributed by atoms with Gasteiger partial charge in [-0.1, -0.05) is 36.1 Å². The normalized spacial score (nSPS) is 17.3. The maximum absolute atomic E-state index is 11.6. The number of hydrogen-bond donors (Lipinski definition) is 3. The van der Waals surface area contributed by atoms with E-state index in [1.54, 1.807) is 0 Å². The molecule has 34 heavy (non-hydrogen) atoms. The number of aliphatic hydroxyl groups is 1. The Labute approximate surface area is 198 Å². The van der Waals surface area contributed by atoms with Crippen LogP contribution in [0.15, 0.2) is 59.7 Å². The van der Waals surface area contributed by atoms with Crippen molar-refractivity contribution in [2.45, 2.75) is 18.9 Å². The van der Waals surface area contributed by atoms with Gasteiger partial charge in [-0.3, -0.25) is 9.69 Å². The summed E-state index contributed by atoms with van der Waals surface area (Å²) >= 11 is 0. The third-order valence-corrected chi connectivity index (χ3v) is 6.59. The molecule has 3 N–H and O–H groups in total. The molecule has 174 valence electrons. The molecule has 1 unspecified atom stereocenters. The summed E-state index contributed by atoms with van der Waals surface area (Å²) in [5.74, 6) is 5.70. The highest BCUT2D eigenvalue weighted by Crippen LogP contribution is 2.38. The van der Waals surface area contributed by atoms with E-state index in [4.69, 9.17) is 4.74 Å². The quantitative estimate of drug-likeness (QED) is 0.490. The number of likely N-dealkylation sites (tertiary alicyclic amines) is 1. The van der Waals surface area contributed by atoms with Crippen molar-refractivity contribution in [2.24, 2.45) is 5.41 Å². The summed E-state index contributed by atoms with van der Waals surface area (Å²) < 4.78 is 5.34. The van der Waals surface area contributed by atoms with E-state index in [9.17, 15) is 15.0 Å². The molecule has 3 heterocycles. The topological polar surface area (TPSA) is 98.7 Å². The van der Waals surface area contributed by atoms with E-state index in [0.29, 0.717) is 5.41 Å². The number of aromatic amines is 1. The molecule has 1 atom stereocenters. The summed E-state index contributed by atoms with van der Waals surface area (Å²) in [6.07, 6.45) is 1.51. The number of nitrogens with zero attached hydrogens (tertiary/aromatic N) is 2. The van der Waals surface area contributed by atoms with Crippen LogP contribution in [0, 0.1) is 17.3 Å². The molecule has 0 amide bonds. The van der Waals surface area contributed by atoms with E-state index in [2.05, 4.69) is 51.0 Å². The lowest BCUT2D eigenvalue weighted by Crippen LogP contribution is -2.65. The number of hydrogen-bond acceptors (Lipinski definition) is 6. The largest absolute Gasteiger partial charge is 0.502 e. The highest BCUT2D eigenvalue weighted by atomic mass is 16.5. The van der Waals surface area contributed by atoms with Gasteiger partial charge in [0.05, 0.1) is 31.8 Å². The summed E-state index contributed by atoms with van der Waals surface area (Å²) in [5, 5.41) is 19.7. The number of aliphatic hydroxyl groups excluding tert-OH is 1. The molecule has 2 aromatic carbocycles. The van der Waals surface area contributed by atoms with Crippen LogP contribution in [0.4, 0.5) is 0 Å². The molecule has 2 saturated heterocycles. The minimum atomic E-state index is -0.585. The Bertz CT molecular complexity index is 1260. The predicted octanol–water partition coefficient (Wildman–Crippen LogP) is 2.03. The van der Waals surface area contributed by atoms with E-state index >= 15 is 0 Å². The molecule has 3 aromatic rings. The molecular formula is C27H27N3O4. The fourth-order valence-electron chi connectivity index (χ4n) is 4.62. The van der Waals surface area contributed by atoms with Crippen LogP contribution in [-0.4, -0.2) is 58.0 Å². The summed E-state index contributed by atoms with van der Waals surface area (Å²) in [6, 6.07) is 16.0. The molecule has 5 rings (SSSR count). The lowest BCUT2D eigenvalue weighted by Gasteiger charge is -2.55. The van der Waals surface area contributed by atoms with E-state index in [-0.39, 0.29) is 24.6 Å². The van der Waals surface area contributed by atoms with Gasteiger partial charge in [-0.2, -0.15) is 0 Å². The van der Waals surface area contributed by atoms with E-state index in [1.807, 2.05) is 24.3 Å². The van der Waals surface area contributed by atoms with Gasteiger partial charge in [-0.05, 0) is 35.4 Å². The molecule has 0 saturated carbocycles. The van der Waals surface area contributed by atoms with Crippen LogP contribution < -0.4 is 5.56 Å². The van der Waals surface area contributed by atoms with Gasteiger partial charge in [-0.25, -0.2) is 4.98 Å². The second-order valence-corrected chi connectivity index (χ2v) is 9.32. The number of ether oxygens (including phenoxy) is 1. The first-order valence-electron chi connectivity index (χ1n) is 11.4. The molecule has 1 spiro atoms. The molecule has 2 aliphatic rings. The van der Waals surface area contributed by atoms with Crippen LogP contribution in [0.2, 0.25) is 0 Å². The number of rotatable bonds is 6. The van der Waals surface area contributed by atoms with Crippen LogP contribution in [0.1, 0.15) is 33.9 Å². The van der Waals surface area contributed by atoms with Gasteiger partial charge in [0, 0.05) is 48.5 Å². The van der Waals surface area contributed by atoms with Gasteiger partial charge < -0.3 is 19.9 Å². The van der Waals surface area contributed by atoms with Gasteiger partial charge in [0.2, 0.25) is 5.75 Å². The first-order chi connectivity index (χ1) is 16.5. The van der Waals surface area contributed by atoms with Crippen molar-refractivity contribution in [3.63, 3.8) is 0 Å². The van der Waals surface area contributed by atoms with Crippen LogP contribution in [0.3, 0.4) is 0 Å². The Morgan fingerprint density at radius 2 is 1.71 bits per heavy atom. The molecule has 0 radical (unpaired) electrons. The van der Waals surface area contributed by atoms with Crippen LogP contribution in [0.5, 0.6) is 5.75 Å². The molecule has 7 nitrogen and oxygen atoms in total. The first kappa shape index (κ1) is 22.4. The molecule has 7 heteroatoms. The zero-order chi connectivity index (χ0) is 23.5. The minimum Gasteiger partial charge on any atom is -0.502 e. The zero-order valence-electron chi connectivity index (χ0n) is 18.8. The molecule has 2 fully saturated rings. The molecule has 0 bridgehead atoms. The highest BCUT2D eigenvalue weighted by Gasteiger charge is 2.48. The summed E-state index contributed by atoms with van der Waals surface area (Å²) in [6.45, 7) is 4.92. The van der Waals surface area contributed by atoms with Crippen LogP contribution >= 0.6 is 0 Å². The average Bonchev–Trinajstić information content (AvgIpc) is 2.81. The van der Waals surface area contributed by atoms with Crippen molar-refractivity contribution in [1.29, 1.82) is 0 Å². The number of H-pyrrole nitrogens is 1. The predicted molar refractivity (Wildman–Crippen MR) is 127 cm³/mol.